The molecule has 70 valence electrons. The van der Waals surface area contributed by atoms with Crippen LogP contribution < -0.4 is 5.73 Å². The zero-order valence-corrected chi connectivity index (χ0v) is 7.34. The zero-order chi connectivity index (χ0) is 9.84. The highest BCUT2D eigenvalue weighted by molar-refractivity contribution is 5.70. The van der Waals surface area contributed by atoms with E-state index >= 15 is 0 Å². The first-order chi connectivity index (χ1) is 6.13. The maximum Gasteiger partial charge on any atom is 0.308 e. The van der Waals surface area contributed by atoms with Gasteiger partial charge in [-0.1, -0.05) is 6.92 Å². The van der Waals surface area contributed by atoms with Crippen LogP contribution in [0.1, 0.15) is 18.5 Å². The SMILES string of the molecule is CC(C(=O)O)C(N)c1ccncc1. The Labute approximate surface area is 76.4 Å². The number of hydrogen-bond donors (Lipinski definition) is 2. The lowest BCUT2D eigenvalue weighted by atomic mass is 9.96. The maximum absolute atomic E-state index is 10.6. The van der Waals surface area contributed by atoms with Gasteiger partial charge in [-0.25, -0.2) is 0 Å². The number of hydrogen-bond acceptors (Lipinski definition) is 3. The van der Waals surface area contributed by atoms with Crippen LogP contribution >= 0.6 is 0 Å². The molecule has 1 heterocycles. The maximum atomic E-state index is 10.6. The lowest BCUT2D eigenvalue weighted by Gasteiger charge is -2.15. The summed E-state index contributed by atoms with van der Waals surface area (Å²) >= 11 is 0. The van der Waals surface area contributed by atoms with Gasteiger partial charge >= 0.3 is 5.97 Å². The molecule has 0 radical (unpaired) electrons. The fourth-order valence-corrected chi connectivity index (χ4v) is 1.03. The number of carboxylic acids is 1. The summed E-state index contributed by atoms with van der Waals surface area (Å²) < 4.78 is 0. The molecule has 4 nitrogen and oxygen atoms in total. The second kappa shape index (κ2) is 4.00. The Morgan fingerprint density at radius 3 is 2.54 bits per heavy atom. The first kappa shape index (κ1) is 9.67. The van der Waals surface area contributed by atoms with E-state index in [9.17, 15) is 4.79 Å². The van der Waals surface area contributed by atoms with Crippen molar-refractivity contribution in [2.24, 2.45) is 11.7 Å². The van der Waals surface area contributed by atoms with Crippen LogP contribution in [0.4, 0.5) is 0 Å². The molecule has 4 heteroatoms. The molecule has 3 N–H and O–H groups in total. The first-order valence-electron chi connectivity index (χ1n) is 4.01. The Morgan fingerprint density at radius 1 is 1.54 bits per heavy atom. The number of carboxylic acid groups (broad SMARTS) is 1. The van der Waals surface area contributed by atoms with Crippen molar-refractivity contribution in [2.75, 3.05) is 0 Å². The molecule has 0 amide bonds. The summed E-state index contributed by atoms with van der Waals surface area (Å²) in [5.41, 5.74) is 6.53. The van der Waals surface area contributed by atoms with Gasteiger partial charge in [0.25, 0.3) is 0 Å². The minimum absolute atomic E-state index is 0.472. The third-order valence-electron chi connectivity index (χ3n) is 2.02. The van der Waals surface area contributed by atoms with Gasteiger partial charge in [0.2, 0.25) is 0 Å². The van der Waals surface area contributed by atoms with Crippen LogP contribution in [0.25, 0.3) is 0 Å². The molecule has 0 aliphatic heterocycles. The molecule has 1 aromatic heterocycles. The van der Waals surface area contributed by atoms with Crippen molar-refractivity contribution < 1.29 is 9.90 Å². The van der Waals surface area contributed by atoms with Gasteiger partial charge in [0.15, 0.2) is 0 Å². The molecule has 2 atom stereocenters. The van der Waals surface area contributed by atoms with Gasteiger partial charge in [0, 0.05) is 18.4 Å². The van der Waals surface area contributed by atoms with E-state index in [4.69, 9.17) is 10.8 Å². The number of aliphatic carboxylic acids is 1. The van der Waals surface area contributed by atoms with Crippen molar-refractivity contribution in [3.63, 3.8) is 0 Å². The predicted molar refractivity (Wildman–Crippen MR) is 48.0 cm³/mol. The average molecular weight is 180 g/mol. The topological polar surface area (TPSA) is 76.2 Å². The monoisotopic (exact) mass is 180 g/mol. The smallest absolute Gasteiger partial charge is 0.308 e. The molecule has 0 aromatic carbocycles. The largest absolute Gasteiger partial charge is 0.481 e. The minimum atomic E-state index is -0.885. The van der Waals surface area contributed by atoms with E-state index in [1.54, 1.807) is 31.5 Å². The molecule has 2 unspecified atom stereocenters. The van der Waals surface area contributed by atoms with Crippen LogP contribution in [0.5, 0.6) is 0 Å². The van der Waals surface area contributed by atoms with Crippen LogP contribution in [-0.4, -0.2) is 16.1 Å². The molecule has 0 spiro atoms. The van der Waals surface area contributed by atoms with Crippen molar-refractivity contribution in [1.82, 2.24) is 4.98 Å². The van der Waals surface area contributed by atoms with Gasteiger partial charge in [0.05, 0.1) is 5.92 Å². The van der Waals surface area contributed by atoms with Crippen LogP contribution in [0.15, 0.2) is 24.5 Å². The second-order valence-electron chi connectivity index (χ2n) is 2.93. The van der Waals surface area contributed by atoms with Crippen LogP contribution in [0.3, 0.4) is 0 Å². The number of nitrogens with two attached hydrogens (primary N) is 1. The van der Waals surface area contributed by atoms with E-state index in [1.165, 1.54) is 0 Å². The number of carbonyl (C=O) groups is 1. The minimum Gasteiger partial charge on any atom is -0.481 e. The average Bonchev–Trinajstić information content (AvgIpc) is 2.17. The van der Waals surface area contributed by atoms with Gasteiger partial charge < -0.3 is 10.8 Å². The molecule has 0 saturated heterocycles. The first-order valence-corrected chi connectivity index (χ1v) is 4.01. The number of rotatable bonds is 3. The standard InChI is InChI=1S/C9H12N2O2/c1-6(9(12)13)8(10)7-2-4-11-5-3-7/h2-6,8H,10H2,1H3,(H,12,13). The van der Waals surface area contributed by atoms with Gasteiger partial charge in [-0.15, -0.1) is 0 Å². The third-order valence-corrected chi connectivity index (χ3v) is 2.02. The van der Waals surface area contributed by atoms with Crippen LogP contribution in [0.2, 0.25) is 0 Å². The molecule has 13 heavy (non-hydrogen) atoms. The summed E-state index contributed by atoms with van der Waals surface area (Å²) in [7, 11) is 0. The number of nitrogens with zero attached hydrogens (tertiary/aromatic N) is 1. The van der Waals surface area contributed by atoms with E-state index in [0.29, 0.717) is 0 Å². The molecule has 1 rings (SSSR count). The fraction of sp³-hybridized carbons (Fsp3) is 0.333. The van der Waals surface area contributed by atoms with E-state index in [2.05, 4.69) is 4.98 Å². The molecular formula is C9H12N2O2. The number of aromatic nitrogens is 1. The summed E-state index contributed by atoms with van der Waals surface area (Å²) in [6, 6.07) is 2.98. The predicted octanol–water partition coefficient (Wildman–Crippen LogP) is 0.802. The summed E-state index contributed by atoms with van der Waals surface area (Å²) in [5, 5.41) is 8.72. The van der Waals surface area contributed by atoms with Gasteiger partial charge in [0.1, 0.15) is 0 Å². The van der Waals surface area contributed by atoms with E-state index in [1.807, 2.05) is 0 Å². The van der Waals surface area contributed by atoms with Crippen LogP contribution in [0, 0.1) is 5.92 Å². The molecule has 0 saturated carbocycles. The van der Waals surface area contributed by atoms with E-state index in [0.717, 1.165) is 5.56 Å². The Hall–Kier alpha value is -1.42. The highest BCUT2D eigenvalue weighted by Gasteiger charge is 2.20. The van der Waals surface area contributed by atoms with Gasteiger partial charge in [-0.05, 0) is 17.7 Å². The molecular weight excluding hydrogens is 168 g/mol. The highest BCUT2D eigenvalue weighted by Crippen LogP contribution is 2.18. The van der Waals surface area contributed by atoms with Gasteiger partial charge in [-0.3, -0.25) is 9.78 Å². The van der Waals surface area contributed by atoms with Crippen molar-refractivity contribution >= 4 is 5.97 Å². The molecule has 0 fully saturated rings. The van der Waals surface area contributed by atoms with Crippen molar-refractivity contribution in [3.8, 4) is 0 Å². The molecule has 1 aromatic rings. The van der Waals surface area contributed by atoms with Gasteiger partial charge in [-0.2, -0.15) is 0 Å². The molecule has 0 aliphatic carbocycles. The molecule has 0 aliphatic rings. The van der Waals surface area contributed by atoms with Crippen molar-refractivity contribution in [3.05, 3.63) is 30.1 Å². The zero-order valence-electron chi connectivity index (χ0n) is 7.34. The second-order valence-corrected chi connectivity index (χ2v) is 2.93. The van der Waals surface area contributed by atoms with E-state index < -0.39 is 17.9 Å². The Morgan fingerprint density at radius 2 is 2.08 bits per heavy atom. The lowest BCUT2D eigenvalue weighted by molar-refractivity contribution is -0.141. The van der Waals surface area contributed by atoms with Crippen LogP contribution in [-0.2, 0) is 4.79 Å². The van der Waals surface area contributed by atoms with Crippen molar-refractivity contribution in [1.29, 1.82) is 0 Å². The number of pyridine rings is 1. The summed E-state index contributed by atoms with van der Waals surface area (Å²) in [6.07, 6.45) is 3.20. The summed E-state index contributed by atoms with van der Waals surface area (Å²) in [6.45, 7) is 1.59. The Bertz CT molecular complexity index is 287. The summed E-state index contributed by atoms with van der Waals surface area (Å²) in [4.78, 5) is 14.4. The summed E-state index contributed by atoms with van der Waals surface area (Å²) in [5.74, 6) is -1.47. The highest BCUT2D eigenvalue weighted by atomic mass is 16.4. The normalized spacial score (nSPS) is 14.9. The lowest BCUT2D eigenvalue weighted by Crippen LogP contribution is -2.25. The Balaban J connectivity index is 2.79. The fourth-order valence-electron chi connectivity index (χ4n) is 1.03. The van der Waals surface area contributed by atoms with E-state index in [-0.39, 0.29) is 0 Å². The quantitative estimate of drug-likeness (QED) is 0.721. The van der Waals surface area contributed by atoms with Crippen molar-refractivity contribution in [2.45, 2.75) is 13.0 Å². The molecule has 0 bridgehead atoms. The Kier molecular flexibility index (Phi) is 2.97. The third kappa shape index (κ3) is 2.26.